The lowest BCUT2D eigenvalue weighted by molar-refractivity contribution is 0.0181. The summed E-state index contributed by atoms with van der Waals surface area (Å²) in [5.74, 6) is 0.348. The van der Waals surface area contributed by atoms with Gasteiger partial charge < -0.3 is 14.8 Å². The van der Waals surface area contributed by atoms with Crippen LogP contribution in [-0.2, 0) is 10.3 Å². The molecule has 1 N–H and O–H groups in total. The number of hydrogen-bond acceptors (Lipinski definition) is 4. The Morgan fingerprint density at radius 3 is 2.55 bits per heavy atom. The number of alkyl halides is 1. The average Bonchev–Trinajstić information content (AvgIpc) is 3.54. The molecule has 1 unspecified atom stereocenters. The Morgan fingerprint density at radius 2 is 1.82 bits per heavy atom. The third-order valence-corrected chi connectivity index (χ3v) is 7.30. The normalized spacial score (nSPS) is 20.3. The molecule has 0 bridgehead atoms. The lowest BCUT2D eigenvalue weighted by atomic mass is 9.96. The molecule has 1 aliphatic carbocycles. The monoisotopic (exact) mass is 518 g/mol. The second-order valence-electron chi connectivity index (χ2n) is 11.5. The molecule has 2 fully saturated rings. The molecular weight excluding hydrogens is 483 g/mol. The van der Waals surface area contributed by atoms with Crippen LogP contribution in [0, 0.1) is 6.92 Å². The summed E-state index contributed by atoms with van der Waals surface area (Å²) in [4.78, 5) is 27.5. The SMILES string of the molecule is Cc1ccc(OCC2C[C@@H](F)CN2C(=O)OC(C)(C)C)cc1C(=O)NC1(c2cccc3ccccc23)CC1. The highest BCUT2D eigenvalue weighted by Gasteiger charge is 2.46. The van der Waals surface area contributed by atoms with Gasteiger partial charge in [-0.3, -0.25) is 9.69 Å². The Morgan fingerprint density at radius 1 is 1.08 bits per heavy atom. The van der Waals surface area contributed by atoms with Crippen LogP contribution in [0.15, 0.2) is 60.7 Å². The van der Waals surface area contributed by atoms with Gasteiger partial charge in [0, 0.05) is 12.0 Å². The Bertz CT molecular complexity index is 1360. The average molecular weight is 519 g/mol. The number of amides is 2. The van der Waals surface area contributed by atoms with Gasteiger partial charge in [0.25, 0.3) is 5.91 Å². The van der Waals surface area contributed by atoms with Gasteiger partial charge in [0.05, 0.1) is 18.1 Å². The van der Waals surface area contributed by atoms with Crippen molar-refractivity contribution in [2.45, 2.75) is 70.3 Å². The number of fused-ring (bicyclic) bond motifs is 1. The van der Waals surface area contributed by atoms with Crippen LogP contribution in [0.4, 0.5) is 9.18 Å². The second-order valence-corrected chi connectivity index (χ2v) is 11.5. The van der Waals surface area contributed by atoms with Gasteiger partial charge in [-0.15, -0.1) is 0 Å². The van der Waals surface area contributed by atoms with Gasteiger partial charge in [-0.1, -0.05) is 48.5 Å². The van der Waals surface area contributed by atoms with E-state index < -0.39 is 23.9 Å². The fourth-order valence-corrected chi connectivity index (χ4v) is 5.20. The van der Waals surface area contributed by atoms with Gasteiger partial charge in [0.2, 0.25) is 0 Å². The molecule has 1 aliphatic heterocycles. The summed E-state index contributed by atoms with van der Waals surface area (Å²) >= 11 is 0. The maximum absolute atomic E-state index is 14.2. The first-order valence-electron chi connectivity index (χ1n) is 13.2. The van der Waals surface area contributed by atoms with Crippen LogP contribution in [-0.4, -0.2) is 47.9 Å². The summed E-state index contributed by atoms with van der Waals surface area (Å²) in [5, 5.41) is 5.60. The molecule has 1 saturated carbocycles. The van der Waals surface area contributed by atoms with E-state index >= 15 is 0 Å². The number of nitrogens with zero attached hydrogens (tertiary/aromatic N) is 1. The summed E-state index contributed by atoms with van der Waals surface area (Å²) in [6, 6.07) is 19.4. The molecule has 3 aromatic carbocycles. The predicted molar refractivity (Wildman–Crippen MR) is 145 cm³/mol. The topological polar surface area (TPSA) is 67.9 Å². The first-order valence-corrected chi connectivity index (χ1v) is 13.2. The third kappa shape index (κ3) is 5.47. The van der Waals surface area contributed by atoms with Gasteiger partial charge >= 0.3 is 6.09 Å². The molecule has 0 spiro atoms. The van der Waals surface area contributed by atoms with Crippen LogP contribution in [0.2, 0.25) is 0 Å². The molecular formula is C31H35FN2O4. The number of aryl methyl sites for hydroxylation is 1. The summed E-state index contributed by atoms with van der Waals surface area (Å²) < 4.78 is 25.6. The lowest BCUT2D eigenvalue weighted by Gasteiger charge is -2.28. The predicted octanol–water partition coefficient (Wildman–Crippen LogP) is 6.29. The van der Waals surface area contributed by atoms with Crippen LogP contribution in [0.25, 0.3) is 10.8 Å². The van der Waals surface area contributed by atoms with E-state index in [4.69, 9.17) is 9.47 Å². The fourth-order valence-electron chi connectivity index (χ4n) is 5.20. The molecule has 1 heterocycles. The smallest absolute Gasteiger partial charge is 0.410 e. The second kappa shape index (κ2) is 9.93. The van der Waals surface area contributed by atoms with Crippen LogP contribution in [0.3, 0.4) is 0 Å². The number of benzene rings is 3. The van der Waals surface area contributed by atoms with Crippen molar-refractivity contribution >= 4 is 22.8 Å². The molecule has 0 aromatic heterocycles. The Hall–Kier alpha value is -3.61. The highest BCUT2D eigenvalue weighted by atomic mass is 19.1. The maximum Gasteiger partial charge on any atom is 0.410 e. The number of ether oxygens (including phenoxy) is 2. The van der Waals surface area contributed by atoms with Crippen molar-refractivity contribution in [3.63, 3.8) is 0 Å². The largest absolute Gasteiger partial charge is 0.491 e. The number of halogens is 1. The van der Waals surface area contributed by atoms with E-state index in [0.29, 0.717) is 11.3 Å². The van der Waals surface area contributed by atoms with E-state index in [-0.39, 0.29) is 31.0 Å². The molecule has 7 heteroatoms. The summed E-state index contributed by atoms with van der Waals surface area (Å²) in [6.45, 7) is 7.34. The fraction of sp³-hybridized carbons (Fsp3) is 0.419. The minimum Gasteiger partial charge on any atom is -0.491 e. The summed E-state index contributed by atoms with van der Waals surface area (Å²) in [7, 11) is 0. The first kappa shape index (κ1) is 26.0. The standard InChI is InChI=1S/C31H35FN2O4/c1-20-12-13-24(37-19-23-16-22(32)18-34(23)29(36)38-30(2,3)4)17-26(20)28(35)33-31(14-15-31)27-11-7-9-21-8-5-6-10-25(21)27/h5-13,17,22-23H,14-16,18-19H2,1-4H3,(H,33,35)/t22-,23?/m1/s1. The van der Waals surface area contributed by atoms with Crippen molar-refractivity contribution in [1.29, 1.82) is 0 Å². The molecule has 1 saturated heterocycles. The molecule has 6 nitrogen and oxygen atoms in total. The molecule has 2 amide bonds. The number of rotatable bonds is 6. The van der Waals surface area contributed by atoms with Crippen molar-refractivity contribution in [3.05, 3.63) is 77.4 Å². The quantitative estimate of drug-likeness (QED) is 0.416. The van der Waals surface area contributed by atoms with Crippen LogP contribution in [0.5, 0.6) is 5.75 Å². The van der Waals surface area contributed by atoms with Crippen LogP contribution < -0.4 is 10.1 Å². The minimum absolute atomic E-state index is 0.0132. The van der Waals surface area contributed by atoms with Gasteiger partial charge in [-0.2, -0.15) is 0 Å². The first-order chi connectivity index (χ1) is 18.0. The number of nitrogens with one attached hydrogen (secondary N) is 1. The zero-order valence-corrected chi connectivity index (χ0v) is 22.4. The molecule has 0 radical (unpaired) electrons. The zero-order valence-electron chi connectivity index (χ0n) is 22.4. The van der Waals surface area contributed by atoms with Crippen molar-refractivity contribution in [3.8, 4) is 5.75 Å². The molecule has 2 atom stereocenters. The van der Waals surface area contributed by atoms with Crippen molar-refractivity contribution in [2.75, 3.05) is 13.2 Å². The third-order valence-electron chi connectivity index (χ3n) is 7.30. The Balaban J connectivity index is 1.29. The van der Waals surface area contributed by atoms with Crippen LogP contribution >= 0.6 is 0 Å². The van der Waals surface area contributed by atoms with Crippen LogP contribution in [0.1, 0.15) is 61.5 Å². The maximum atomic E-state index is 14.2. The summed E-state index contributed by atoms with van der Waals surface area (Å²) in [5.41, 5.74) is 1.46. The number of hydrogen-bond donors (Lipinski definition) is 1. The lowest BCUT2D eigenvalue weighted by Crippen LogP contribution is -2.42. The number of carbonyl (C=O) groups is 2. The molecule has 5 rings (SSSR count). The Kier molecular flexibility index (Phi) is 6.80. The molecule has 38 heavy (non-hydrogen) atoms. The number of carbonyl (C=O) groups excluding carboxylic acids is 2. The number of likely N-dealkylation sites (tertiary alicyclic amines) is 1. The minimum atomic E-state index is -1.13. The van der Waals surface area contributed by atoms with Gasteiger partial charge in [0.15, 0.2) is 0 Å². The molecule has 3 aromatic rings. The van der Waals surface area contributed by atoms with Gasteiger partial charge in [0.1, 0.15) is 24.1 Å². The van der Waals surface area contributed by atoms with E-state index in [1.165, 1.54) is 4.90 Å². The Labute approximate surface area is 223 Å². The zero-order chi connectivity index (χ0) is 27.1. The van der Waals surface area contributed by atoms with Crippen molar-refractivity contribution in [1.82, 2.24) is 10.2 Å². The van der Waals surface area contributed by atoms with E-state index in [9.17, 15) is 14.0 Å². The van der Waals surface area contributed by atoms with Crippen molar-refractivity contribution in [2.24, 2.45) is 0 Å². The molecule has 200 valence electrons. The van der Waals surface area contributed by atoms with E-state index in [1.54, 1.807) is 32.9 Å². The van der Waals surface area contributed by atoms with E-state index in [0.717, 1.165) is 34.7 Å². The van der Waals surface area contributed by atoms with Gasteiger partial charge in [-0.05, 0) is 74.6 Å². The van der Waals surface area contributed by atoms with Crippen molar-refractivity contribution < 1.29 is 23.5 Å². The van der Waals surface area contributed by atoms with E-state index in [2.05, 4.69) is 29.6 Å². The van der Waals surface area contributed by atoms with E-state index in [1.807, 2.05) is 31.2 Å². The highest BCUT2D eigenvalue weighted by Crippen LogP contribution is 2.48. The molecule has 2 aliphatic rings. The highest BCUT2D eigenvalue weighted by molar-refractivity contribution is 5.97. The van der Waals surface area contributed by atoms with Gasteiger partial charge in [-0.25, -0.2) is 9.18 Å². The summed E-state index contributed by atoms with van der Waals surface area (Å²) in [6.07, 6.45) is 0.285.